The fraction of sp³-hybridized carbons (Fsp3) is 0.143. The minimum absolute atomic E-state index is 0.501. The van der Waals surface area contributed by atoms with Crippen molar-refractivity contribution in [3.8, 4) is 0 Å². The van der Waals surface area contributed by atoms with E-state index in [-0.39, 0.29) is 0 Å². The fourth-order valence-electron chi connectivity index (χ4n) is 0.692. The lowest BCUT2D eigenvalue weighted by molar-refractivity contribution is 1.32. The van der Waals surface area contributed by atoms with E-state index in [1.165, 1.54) is 0 Å². The first kappa shape index (κ1) is 10.0. The van der Waals surface area contributed by atoms with Crippen molar-refractivity contribution < 1.29 is 0 Å². The Bertz CT molecular complexity index is 273. The van der Waals surface area contributed by atoms with E-state index in [0.717, 1.165) is 19.0 Å². The second kappa shape index (κ2) is 4.26. The highest BCUT2D eigenvalue weighted by molar-refractivity contribution is 9.13. The molecular formula is C7H4Br3Cl. The molecule has 1 rings (SSSR count). The molecule has 1 aromatic rings. The molecule has 0 radical (unpaired) electrons. The summed E-state index contributed by atoms with van der Waals surface area (Å²) in [5.74, 6) is 0.501. The van der Waals surface area contributed by atoms with Crippen LogP contribution in [-0.2, 0) is 5.88 Å². The molecule has 0 aliphatic heterocycles. The van der Waals surface area contributed by atoms with Crippen molar-refractivity contribution in [3.05, 3.63) is 31.1 Å². The molecule has 1 aromatic carbocycles. The predicted octanol–water partition coefficient (Wildman–Crippen LogP) is 4.71. The molecule has 0 aliphatic rings. The average molecular weight is 363 g/mol. The Morgan fingerprint density at radius 3 is 2.09 bits per heavy atom. The molecule has 0 nitrogen and oxygen atoms in total. The lowest BCUT2D eigenvalue weighted by atomic mass is 10.2. The highest BCUT2D eigenvalue weighted by Gasteiger charge is 2.06. The number of benzene rings is 1. The van der Waals surface area contributed by atoms with Gasteiger partial charge >= 0.3 is 0 Å². The van der Waals surface area contributed by atoms with Crippen molar-refractivity contribution in [2.45, 2.75) is 5.88 Å². The minimum Gasteiger partial charge on any atom is -0.121 e. The third kappa shape index (κ3) is 2.20. The summed E-state index contributed by atoms with van der Waals surface area (Å²) in [6.45, 7) is 0. The summed E-state index contributed by atoms with van der Waals surface area (Å²) in [6.07, 6.45) is 0. The van der Waals surface area contributed by atoms with Crippen LogP contribution in [-0.4, -0.2) is 0 Å². The van der Waals surface area contributed by atoms with Gasteiger partial charge in [0.1, 0.15) is 0 Å². The predicted molar refractivity (Wildman–Crippen MR) is 59.1 cm³/mol. The molecule has 0 bridgehead atoms. The number of hydrogen-bond acceptors (Lipinski definition) is 0. The third-order valence-electron chi connectivity index (χ3n) is 1.27. The van der Waals surface area contributed by atoms with E-state index >= 15 is 0 Å². The largest absolute Gasteiger partial charge is 0.121 e. The van der Waals surface area contributed by atoms with Gasteiger partial charge in [-0.3, -0.25) is 0 Å². The van der Waals surface area contributed by atoms with Crippen molar-refractivity contribution in [2.24, 2.45) is 0 Å². The molecular weight excluding hydrogens is 359 g/mol. The zero-order chi connectivity index (χ0) is 8.43. The smallest absolute Gasteiger partial charge is 0.0496 e. The van der Waals surface area contributed by atoms with Gasteiger partial charge in [0, 0.05) is 19.3 Å². The van der Waals surface area contributed by atoms with Gasteiger partial charge in [0.25, 0.3) is 0 Å². The van der Waals surface area contributed by atoms with E-state index < -0.39 is 0 Å². The Kier molecular flexibility index (Phi) is 3.89. The van der Waals surface area contributed by atoms with E-state index in [4.69, 9.17) is 11.6 Å². The van der Waals surface area contributed by atoms with Crippen LogP contribution in [0.4, 0.5) is 0 Å². The fourth-order valence-corrected chi connectivity index (χ4v) is 2.89. The molecule has 0 aliphatic carbocycles. The molecule has 0 N–H and O–H groups in total. The van der Waals surface area contributed by atoms with Crippen LogP contribution in [0, 0.1) is 0 Å². The van der Waals surface area contributed by atoms with Crippen LogP contribution in [0.1, 0.15) is 5.56 Å². The molecule has 0 saturated heterocycles. The Balaban J connectivity index is 3.29. The first-order valence-corrected chi connectivity index (χ1v) is 5.76. The maximum Gasteiger partial charge on any atom is 0.0496 e. The van der Waals surface area contributed by atoms with E-state index in [9.17, 15) is 0 Å². The molecule has 60 valence electrons. The standard InChI is InChI=1S/C7H4Br3Cl/c8-5-1-2-6(9)7(10)4(5)3-11/h1-2H,3H2. The molecule has 0 heterocycles. The van der Waals surface area contributed by atoms with E-state index in [2.05, 4.69) is 47.8 Å². The topological polar surface area (TPSA) is 0 Å². The summed E-state index contributed by atoms with van der Waals surface area (Å²) >= 11 is 16.0. The summed E-state index contributed by atoms with van der Waals surface area (Å²) < 4.78 is 3.07. The number of rotatable bonds is 1. The van der Waals surface area contributed by atoms with Crippen molar-refractivity contribution in [3.63, 3.8) is 0 Å². The average Bonchev–Trinajstić information content (AvgIpc) is 1.99. The summed E-state index contributed by atoms with van der Waals surface area (Å²) in [5.41, 5.74) is 1.07. The molecule has 0 aromatic heterocycles. The van der Waals surface area contributed by atoms with Crippen LogP contribution in [0.3, 0.4) is 0 Å². The zero-order valence-electron chi connectivity index (χ0n) is 5.37. The van der Waals surface area contributed by atoms with Gasteiger partial charge in [-0.05, 0) is 49.6 Å². The summed E-state index contributed by atoms with van der Waals surface area (Å²) in [6, 6.07) is 3.93. The molecule has 0 amide bonds. The highest BCUT2D eigenvalue weighted by atomic mass is 79.9. The maximum atomic E-state index is 5.73. The van der Waals surface area contributed by atoms with Crippen molar-refractivity contribution in [1.29, 1.82) is 0 Å². The van der Waals surface area contributed by atoms with Gasteiger partial charge in [-0.1, -0.05) is 15.9 Å². The van der Waals surface area contributed by atoms with Crippen LogP contribution >= 0.6 is 59.4 Å². The van der Waals surface area contributed by atoms with Gasteiger partial charge in [0.05, 0.1) is 0 Å². The maximum absolute atomic E-state index is 5.73. The van der Waals surface area contributed by atoms with Gasteiger partial charge in [-0.2, -0.15) is 0 Å². The number of alkyl halides is 1. The first-order valence-electron chi connectivity index (χ1n) is 2.85. The summed E-state index contributed by atoms with van der Waals surface area (Å²) in [4.78, 5) is 0. The lowest BCUT2D eigenvalue weighted by Crippen LogP contribution is -1.83. The van der Waals surface area contributed by atoms with Crippen LogP contribution in [0.15, 0.2) is 25.6 Å². The van der Waals surface area contributed by atoms with E-state index in [0.29, 0.717) is 5.88 Å². The van der Waals surface area contributed by atoms with Crippen molar-refractivity contribution in [1.82, 2.24) is 0 Å². The van der Waals surface area contributed by atoms with E-state index in [1.807, 2.05) is 12.1 Å². The Labute approximate surface area is 95.7 Å². The van der Waals surface area contributed by atoms with Crippen LogP contribution in [0.25, 0.3) is 0 Å². The second-order valence-electron chi connectivity index (χ2n) is 1.96. The zero-order valence-corrected chi connectivity index (χ0v) is 10.9. The molecule has 0 spiro atoms. The van der Waals surface area contributed by atoms with Crippen molar-refractivity contribution in [2.75, 3.05) is 0 Å². The lowest BCUT2D eigenvalue weighted by Gasteiger charge is -2.04. The number of halogens is 4. The summed E-state index contributed by atoms with van der Waals surface area (Å²) in [5, 5.41) is 0. The molecule has 4 heteroatoms. The highest BCUT2D eigenvalue weighted by Crippen LogP contribution is 2.32. The third-order valence-corrected chi connectivity index (χ3v) is 4.38. The minimum atomic E-state index is 0.501. The molecule has 0 atom stereocenters. The van der Waals surface area contributed by atoms with E-state index in [1.54, 1.807) is 0 Å². The van der Waals surface area contributed by atoms with Crippen LogP contribution in [0.5, 0.6) is 0 Å². The first-order chi connectivity index (χ1) is 5.16. The normalized spacial score (nSPS) is 10.2. The number of hydrogen-bond donors (Lipinski definition) is 0. The Hall–Kier alpha value is 0.950. The van der Waals surface area contributed by atoms with Crippen LogP contribution in [0.2, 0.25) is 0 Å². The van der Waals surface area contributed by atoms with Crippen molar-refractivity contribution >= 4 is 59.4 Å². The van der Waals surface area contributed by atoms with Gasteiger partial charge in [0.2, 0.25) is 0 Å². The summed E-state index contributed by atoms with van der Waals surface area (Å²) in [7, 11) is 0. The molecule has 0 unspecified atom stereocenters. The SMILES string of the molecule is ClCc1c(Br)ccc(Br)c1Br. The molecule has 0 fully saturated rings. The Morgan fingerprint density at radius 2 is 1.64 bits per heavy atom. The van der Waals surface area contributed by atoms with Gasteiger partial charge < -0.3 is 0 Å². The van der Waals surface area contributed by atoms with Gasteiger partial charge in [0.15, 0.2) is 0 Å². The van der Waals surface area contributed by atoms with Gasteiger partial charge in [-0.15, -0.1) is 11.6 Å². The van der Waals surface area contributed by atoms with Gasteiger partial charge in [-0.25, -0.2) is 0 Å². The van der Waals surface area contributed by atoms with Crippen LogP contribution < -0.4 is 0 Å². The molecule has 11 heavy (non-hydrogen) atoms. The second-order valence-corrected chi connectivity index (χ2v) is 4.72. The monoisotopic (exact) mass is 360 g/mol. The molecule has 0 saturated carbocycles. The Morgan fingerprint density at radius 1 is 1.09 bits per heavy atom. The quantitative estimate of drug-likeness (QED) is 0.501.